The first-order valence-electron chi connectivity index (χ1n) is 18.3. The van der Waals surface area contributed by atoms with Gasteiger partial charge in [0.05, 0.1) is 0 Å². The van der Waals surface area contributed by atoms with Crippen molar-refractivity contribution in [2.24, 2.45) is 0 Å². The van der Waals surface area contributed by atoms with Crippen molar-refractivity contribution in [3.05, 3.63) is 0 Å². The van der Waals surface area contributed by atoms with Gasteiger partial charge in [-0.1, -0.05) is 194 Å². The Morgan fingerprint density at radius 3 is 0.762 bits per heavy atom. The van der Waals surface area contributed by atoms with Gasteiger partial charge in [-0.25, -0.2) is 9.59 Å². The van der Waals surface area contributed by atoms with Crippen LogP contribution in [0, 0.1) is 0 Å². The molecule has 0 aliphatic rings. The van der Waals surface area contributed by atoms with E-state index in [1.54, 1.807) is 0 Å². The van der Waals surface area contributed by atoms with Crippen molar-refractivity contribution in [2.45, 2.75) is 219 Å². The number of hydrogen-bond acceptors (Lipinski definition) is 5. The summed E-state index contributed by atoms with van der Waals surface area (Å²) >= 11 is 0. The average Bonchev–Trinajstić information content (AvgIpc) is 2.97. The zero-order valence-electron chi connectivity index (χ0n) is 29.7. The Kier molecular flexibility index (Phi) is 40.8. The van der Waals surface area contributed by atoms with E-state index < -0.39 is 11.9 Å². The van der Waals surface area contributed by atoms with Gasteiger partial charge in [0.1, 0.15) is 0 Å². The summed E-state index contributed by atoms with van der Waals surface area (Å²) in [6.45, 7) is 4.54. The second-order valence-corrected chi connectivity index (χ2v) is 12.4. The number of carbonyl (C=O) groups excluding carboxylic acids is 2. The topological polar surface area (TPSA) is 61.8 Å². The van der Waals surface area contributed by atoms with Gasteiger partial charge in [-0.15, -0.1) is 0 Å². The Bertz CT molecular complexity index is 504. The molecular formula is C36H71NaO5. The zero-order valence-corrected chi connectivity index (χ0v) is 30.7. The van der Waals surface area contributed by atoms with Crippen molar-refractivity contribution < 1.29 is 55.4 Å². The van der Waals surface area contributed by atoms with Crippen LogP contribution in [0.4, 0.5) is 0 Å². The fourth-order valence-corrected chi connectivity index (χ4v) is 5.46. The molecule has 5 nitrogen and oxygen atoms in total. The molecule has 0 spiro atoms. The van der Waals surface area contributed by atoms with Crippen LogP contribution in [0.3, 0.4) is 0 Å². The van der Waals surface area contributed by atoms with Crippen LogP contribution in [0.1, 0.15) is 221 Å². The fraction of sp³-hybridized carbons (Fsp3) is 0.944. The van der Waals surface area contributed by atoms with Crippen LogP contribution < -0.4 is 29.6 Å². The molecule has 0 fully saturated rings. The molecule has 0 saturated heterocycles. The van der Waals surface area contributed by atoms with Gasteiger partial charge < -0.3 is 1.43 Å². The minimum Gasteiger partial charge on any atom is -1.00 e. The summed E-state index contributed by atoms with van der Waals surface area (Å²) in [7, 11) is 0. The second kappa shape index (κ2) is 38.9. The monoisotopic (exact) mass is 607 g/mol. The molecule has 0 aromatic carbocycles. The van der Waals surface area contributed by atoms with Crippen molar-refractivity contribution in [1.29, 1.82) is 0 Å². The van der Waals surface area contributed by atoms with Crippen LogP contribution in [0.5, 0.6) is 0 Å². The molecule has 0 aliphatic carbocycles. The van der Waals surface area contributed by atoms with Gasteiger partial charge in [0.25, 0.3) is 0 Å². The summed E-state index contributed by atoms with van der Waals surface area (Å²) in [6, 6.07) is 0. The van der Waals surface area contributed by atoms with E-state index in [0.29, 0.717) is 12.8 Å². The Morgan fingerprint density at radius 2 is 0.548 bits per heavy atom. The van der Waals surface area contributed by atoms with E-state index in [4.69, 9.17) is 0 Å². The van der Waals surface area contributed by atoms with Crippen molar-refractivity contribution in [3.63, 3.8) is 0 Å². The molecule has 0 rings (SSSR count). The first-order valence-corrected chi connectivity index (χ1v) is 18.3. The molecule has 0 radical (unpaired) electrons. The molecule has 0 saturated carbocycles. The number of carbonyl (C=O) groups is 2. The third-order valence-electron chi connectivity index (χ3n) is 8.22. The molecule has 0 N–H and O–H groups in total. The van der Waals surface area contributed by atoms with Crippen LogP contribution in [0.2, 0.25) is 0 Å². The summed E-state index contributed by atoms with van der Waals surface area (Å²) in [6.07, 6.45) is 39.2. The predicted molar refractivity (Wildman–Crippen MR) is 173 cm³/mol. The van der Waals surface area contributed by atoms with Gasteiger partial charge in [0, 0.05) is 17.9 Å². The third kappa shape index (κ3) is 37.9. The standard InChI is InChI=1S/C36H70O5.Na.H/c1-3-5-7-9-11-13-15-17-19-21-23-25-27-29-31-33-35(37)39-41-40-36(38)34-32-30-28-26-24-22-20-18-16-14-12-10-8-6-4-2;;/h3-34H2,1-2H3;;/q;+1;-1. The first kappa shape index (κ1) is 44.0. The number of unbranched alkanes of at least 4 members (excludes halogenated alkanes) is 28. The molecule has 0 unspecified atom stereocenters. The van der Waals surface area contributed by atoms with Gasteiger partial charge >= 0.3 is 41.5 Å². The normalized spacial score (nSPS) is 10.9. The fourth-order valence-electron chi connectivity index (χ4n) is 5.46. The van der Waals surface area contributed by atoms with Gasteiger partial charge in [-0.2, -0.15) is 0 Å². The summed E-state index contributed by atoms with van der Waals surface area (Å²) in [5.74, 6) is -0.945. The molecule has 0 heterocycles. The van der Waals surface area contributed by atoms with E-state index >= 15 is 0 Å². The first-order chi connectivity index (χ1) is 20.2. The quantitative estimate of drug-likeness (QED) is 0.0316. The van der Waals surface area contributed by atoms with Gasteiger partial charge in [0.2, 0.25) is 0 Å². The van der Waals surface area contributed by atoms with Crippen molar-refractivity contribution in [1.82, 2.24) is 0 Å². The van der Waals surface area contributed by atoms with Crippen molar-refractivity contribution in [2.75, 3.05) is 0 Å². The third-order valence-corrected chi connectivity index (χ3v) is 8.22. The zero-order chi connectivity index (χ0) is 29.9. The smallest absolute Gasteiger partial charge is 1.00 e. The van der Waals surface area contributed by atoms with E-state index in [0.717, 1.165) is 38.5 Å². The average molecular weight is 607 g/mol. The van der Waals surface area contributed by atoms with Crippen molar-refractivity contribution in [3.8, 4) is 0 Å². The van der Waals surface area contributed by atoms with Crippen LogP contribution in [-0.2, 0) is 24.4 Å². The summed E-state index contributed by atoms with van der Waals surface area (Å²) in [4.78, 5) is 32.6. The molecule has 0 aliphatic heterocycles. The predicted octanol–water partition coefficient (Wildman–Crippen LogP) is 9.56. The van der Waals surface area contributed by atoms with Crippen LogP contribution in [0.15, 0.2) is 0 Å². The van der Waals surface area contributed by atoms with E-state index in [-0.39, 0.29) is 31.0 Å². The Hall–Kier alpha value is -0.100. The minimum atomic E-state index is -0.473. The Labute approximate surface area is 285 Å². The molecule has 246 valence electrons. The van der Waals surface area contributed by atoms with Crippen LogP contribution >= 0.6 is 0 Å². The molecule has 0 aromatic heterocycles. The largest absolute Gasteiger partial charge is 1.00 e. The van der Waals surface area contributed by atoms with Gasteiger partial charge in [-0.3, -0.25) is 9.78 Å². The van der Waals surface area contributed by atoms with Crippen LogP contribution in [0.25, 0.3) is 0 Å². The van der Waals surface area contributed by atoms with E-state index in [1.807, 2.05) is 0 Å². The molecule has 0 amide bonds. The number of hydrogen-bond donors (Lipinski definition) is 0. The van der Waals surface area contributed by atoms with E-state index in [9.17, 15) is 9.59 Å². The Balaban J connectivity index is -0.00000800. The summed E-state index contributed by atoms with van der Waals surface area (Å²) in [5, 5.41) is 4.41. The van der Waals surface area contributed by atoms with Gasteiger partial charge in [0.15, 0.2) is 0 Å². The molecular weight excluding hydrogens is 535 g/mol. The molecule has 0 aromatic rings. The molecule has 0 atom stereocenters. The van der Waals surface area contributed by atoms with E-state index in [2.05, 4.69) is 28.7 Å². The second-order valence-electron chi connectivity index (χ2n) is 12.4. The number of rotatable bonds is 34. The minimum absolute atomic E-state index is 0. The maximum absolute atomic E-state index is 11.7. The maximum atomic E-state index is 11.7. The molecule has 42 heavy (non-hydrogen) atoms. The maximum Gasteiger partial charge on any atom is 1.00 e. The van der Waals surface area contributed by atoms with Gasteiger partial charge in [-0.05, 0) is 12.8 Å². The van der Waals surface area contributed by atoms with Crippen molar-refractivity contribution >= 4 is 11.9 Å². The SMILES string of the molecule is CCCCCCCCCCCCCCCCCC(=O)OOOC(=O)CCCCCCCCCCCCCCCCC.[H-].[Na+]. The molecule has 6 heteroatoms. The summed E-state index contributed by atoms with van der Waals surface area (Å²) in [5.41, 5.74) is 0. The van der Waals surface area contributed by atoms with E-state index in [1.165, 1.54) is 154 Å². The Morgan fingerprint density at radius 1 is 0.357 bits per heavy atom. The summed E-state index contributed by atoms with van der Waals surface area (Å²) < 4.78 is 0. The molecule has 0 bridgehead atoms. The van der Waals surface area contributed by atoms with Crippen LogP contribution in [-0.4, -0.2) is 11.9 Å².